The maximum Gasteiger partial charge on any atom is 0.216 e. The normalized spacial score (nSPS) is 11.9. The van der Waals surface area contributed by atoms with Crippen molar-refractivity contribution < 1.29 is 14.6 Å². The molecule has 0 bridgehead atoms. The third-order valence-electron chi connectivity index (χ3n) is 2.04. The first kappa shape index (κ1) is 11.5. The summed E-state index contributed by atoms with van der Waals surface area (Å²) in [4.78, 5) is 10.7. The number of rotatable bonds is 4. The summed E-state index contributed by atoms with van der Waals surface area (Å²) in [6.45, 7) is 1.60. The highest BCUT2D eigenvalue weighted by atomic mass is 16.5. The second kappa shape index (κ2) is 5.36. The largest absolute Gasteiger partial charge is 0.496 e. The molecular formula is C11H15NO3. The van der Waals surface area contributed by atoms with Gasteiger partial charge < -0.3 is 15.2 Å². The molecule has 1 atom stereocenters. The highest BCUT2D eigenvalue weighted by molar-refractivity contribution is 5.72. The van der Waals surface area contributed by atoms with Crippen LogP contribution in [0.1, 0.15) is 18.6 Å². The minimum absolute atomic E-state index is 0.163. The summed E-state index contributed by atoms with van der Waals surface area (Å²) in [6, 6.07) is 7.18. The Balaban J connectivity index is 2.72. The first-order valence-electron chi connectivity index (χ1n) is 4.70. The van der Waals surface area contributed by atoms with Crippen LogP contribution in [0.2, 0.25) is 0 Å². The first-order chi connectivity index (χ1) is 7.15. The lowest BCUT2D eigenvalue weighted by Crippen LogP contribution is -2.25. The molecule has 0 unspecified atom stereocenters. The molecule has 1 amide bonds. The number of aliphatic hydroxyl groups excluding tert-OH is 1. The predicted octanol–water partition coefficient (Wildman–Crippen LogP) is 0.865. The van der Waals surface area contributed by atoms with E-state index in [0.29, 0.717) is 11.3 Å². The van der Waals surface area contributed by atoms with Crippen molar-refractivity contribution in [1.82, 2.24) is 5.32 Å². The molecule has 0 heterocycles. The van der Waals surface area contributed by atoms with Crippen molar-refractivity contribution in [3.05, 3.63) is 29.8 Å². The standard InChI is InChI=1S/C11H15NO3/c1-8(13)12-7-10(14)9-5-3-4-6-11(9)15-2/h3-6,10,14H,7H2,1-2H3,(H,12,13)/t10-/m0/s1. The van der Waals surface area contributed by atoms with Gasteiger partial charge in [-0.1, -0.05) is 18.2 Å². The van der Waals surface area contributed by atoms with Crippen LogP contribution in [0.5, 0.6) is 5.75 Å². The number of hydrogen-bond donors (Lipinski definition) is 2. The number of aliphatic hydroxyl groups is 1. The number of nitrogens with one attached hydrogen (secondary N) is 1. The molecule has 0 aliphatic heterocycles. The van der Waals surface area contributed by atoms with Gasteiger partial charge in [-0.25, -0.2) is 0 Å². The molecule has 15 heavy (non-hydrogen) atoms. The van der Waals surface area contributed by atoms with Gasteiger partial charge in [-0.2, -0.15) is 0 Å². The fraction of sp³-hybridized carbons (Fsp3) is 0.364. The van der Waals surface area contributed by atoms with Crippen LogP contribution in [0.3, 0.4) is 0 Å². The summed E-state index contributed by atoms with van der Waals surface area (Å²) in [5, 5.41) is 12.3. The van der Waals surface area contributed by atoms with E-state index in [0.717, 1.165) is 0 Å². The van der Waals surface area contributed by atoms with Crippen LogP contribution in [-0.2, 0) is 4.79 Å². The number of para-hydroxylation sites is 1. The molecule has 2 N–H and O–H groups in total. The van der Waals surface area contributed by atoms with E-state index in [4.69, 9.17) is 4.74 Å². The van der Waals surface area contributed by atoms with Gasteiger partial charge in [0.1, 0.15) is 5.75 Å². The van der Waals surface area contributed by atoms with E-state index in [1.807, 2.05) is 12.1 Å². The van der Waals surface area contributed by atoms with Crippen molar-refractivity contribution in [3.8, 4) is 5.75 Å². The van der Waals surface area contributed by atoms with Crippen molar-refractivity contribution in [2.75, 3.05) is 13.7 Å². The molecule has 1 aromatic rings. The second-order valence-electron chi connectivity index (χ2n) is 3.19. The van der Waals surface area contributed by atoms with Crippen LogP contribution >= 0.6 is 0 Å². The first-order valence-corrected chi connectivity index (χ1v) is 4.70. The Labute approximate surface area is 88.9 Å². The van der Waals surface area contributed by atoms with E-state index in [2.05, 4.69) is 5.32 Å². The Bertz CT molecular complexity index is 338. The van der Waals surface area contributed by atoms with E-state index in [1.165, 1.54) is 6.92 Å². The van der Waals surface area contributed by atoms with Gasteiger partial charge in [0.15, 0.2) is 0 Å². The monoisotopic (exact) mass is 209 g/mol. The lowest BCUT2D eigenvalue weighted by molar-refractivity contribution is -0.119. The van der Waals surface area contributed by atoms with E-state index >= 15 is 0 Å². The van der Waals surface area contributed by atoms with Crippen molar-refractivity contribution in [2.24, 2.45) is 0 Å². The number of carbonyl (C=O) groups excluding carboxylic acids is 1. The molecule has 0 saturated heterocycles. The Kier molecular flexibility index (Phi) is 4.12. The average molecular weight is 209 g/mol. The lowest BCUT2D eigenvalue weighted by Gasteiger charge is -2.14. The summed E-state index contributed by atoms with van der Waals surface area (Å²) in [7, 11) is 1.55. The molecule has 0 spiro atoms. The molecule has 0 radical (unpaired) electrons. The predicted molar refractivity (Wildman–Crippen MR) is 56.6 cm³/mol. The van der Waals surface area contributed by atoms with E-state index in [-0.39, 0.29) is 12.5 Å². The average Bonchev–Trinajstić information content (AvgIpc) is 2.25. The van der Waals surface area contributed by atoms with Crippen LogP contribution in [0.25, 0.3) is 0 Å². The van der Waals surface area contributed by atoms with Gasteiger partial charge in [-0.3, -0.25) is 4.79 Å². The number of methoxy groups -OCH3 is 1. The highest BCUT2D eigenvalue weighted by Crippen LogP contribution is 2.23. The molecule has 0 aliphatic carbocycles. The van der Waals surface area contributed by atoms with Crippen molar-refractivity contribution >= 4 is 5.91 Å². The van der Waals surface area contributed by atoms with Gasteiger partial charge in [0.2, 0.25) is 5.91 Å². The summed E-state index contributed by atoms with van der Waals surface area (Å²) >= 11 is 0. The summed E-state index contributed by atoms with van der Waals surface area (Å²) in [5.41, 5.74) is 0.675. The number of ether oxygens (including phenoxy) is 1. The Morgan fingerprint density at radius 3 is 2.80 bits per heavy atom. The second-order valence-corrected chi connectivity index (χ2v) is 3.19. The number of hydrogen-bond acceptors (Lipinski definition) is 3. The summed E-state index contributed by atoms with van der Waals surface area (Å²) < 4.78 is 5.10. The quantitative estimate of drug-likeness (QED) is 0.773. The summed E-state index contributed by atoms with van der Waals surface area (Å²) in [5.74, 6) is 0.458. The molecule has 0 aliphatic rings. The SMILES string of the molecule is COc1ccccc1[C@@H](O)CNC(C)=O. The molecule has 4 heteroatoms. The van der Waals surface area contributed by atoms with Crippen LogP contribution < -0.4 is 10.1 Å². The van der Waals surface area contributed by atoms with Crippen LogP contribution in [-0.4, -0.2) is 24.7 Å². The van der Waals surface area contributed by atoms with E-state index in [1.54, 1.807) is 19.2 Å². The van der Waals surface area contributed by atoms with Gasteiger partial charge in [0.05, 0.1) is 13.2 Å². The maximum absolute atomic E-state index is 10.7. The van der Waals surface area contributed by atoms with Crippen molar-refractivity contribution in [1.29, 1.82) is 0 Å². The maximum atomic E-state index is 10.7. The third-order valence-corrected chi connectivity index (χ3v) is 2.04. The van der Waals surface area contributed by atoms with Gasteiger partial charge >= 0.3 is 0 Å². The number of carbonyl (C=O) groups is 1. The zero-order chi connectivity index (χ0) is 11.3. The van der Waals surface area contributed by atoms with Crippen LogP contribution in [0.15, 0.2) is 24.3 Å². The van der Waals surface area contributed by atoms with Crippen LogP contribution in [0.4, 0.5) is 0 Å². The Morgan fingerprint density at radius 2 is 2.20 bits per heavy atom. The molecule has 0 fully saturated rings. The van der Waals surface area contributed by atoms with Crippen molar-refractivity contribution in [3.63, 3.8) is 0 Å². The molecule has 82 valence electrons. The number of benzene rings is 1. The van der Waals surface area contributed by atoms with E-state index < -0.39 is 6.10 Å². The molecular weight excluding hydrogens is 194 g/mol. The minimum atomic E-state index is -0.745. The molecule has 0 aromatic heterocycles. The fourth-order valence-electron chi connectivity index (χ4n) is 1.29. The van der Waals surface area contributed by atoms with E-state index in [9.17, 15) is 9.90 Å². The minimum Gasteiger partial charge on any atom is -0.496 e. The van der Waals surface area contributed by atoms with Crippen LogP contribution in [0, 0.1) is 0 Å². The molecule has 0 saturated carbocycles. The summed E-state index contributed by atoms with van der Waals surface area (Å²) in [6.07, 6.45) is -0.745. The van der Waals surface area contributed by atoms with Crippen molar-refractivity contribution in [2.45, 2.75) is 13.0 Å². The highest BCUT2D eigenvalue weighted by Gasteiger charge is 2.12. The third kappa shape index (κ3) is 3.25. The lowest BCUT2D eigenvalue weighted by atomic mass is 10.1. The van der Waals surface area contributed by atoms with Gasteiger partial charge in [-0.05, 0) is 6.07 Å². The Hall–Kier alpha value is -1.55. The van der Waals surface area contributed by atoms with Gasteiger partial charge in [0, 0.05) is 19.0 Å². The molecule has 1 rings (SSSR count). The zero-order valence-corrected chi connectivity index (χ0v) is 8.86. The zero-order valence-electron chi connectivity index (χ0n) is 8.86. The molecule has 1 aromatic carbocycles. The van der Waals surface area contributed by atoms with Gasteiger partial charge in [-0.15, -0.1) is 0 Å². The fourth-order valence-corrected chi connectivity index (χ4v) is 1.29. The smallest absolute Gasteiger partial charge is 0.216 e. The number of amides is 1. The van der Waals surface area contributed by atoms with Gasteiger partial charge in [0.25, 0.3) is 0 Å². The Morgan fingerprint density at radius 1 is 1.53 bits per heavy atom. The topological polar surface area (TPSA) is 58.6 Å². The molecule has 4 nitrogen and oxygen atoms in total.